The highest BCUT2D eigenvalue weighted by atomic mass is 16.2. The fourth-order valence-electron chi connectivity index (χ4n) is 3.12. The van der Waals surface area contributed by atoms with Gasteiger partial charge in [-0.15, -0.1) is 0 Å². The lowest BCUT2D eigenvalue weighted by Gasteiger charge is -2.07. The molecular formula is C26H22N6O2. The molecule has 34 heavy (non-hydrogen) atoms. The number of nitrogens with zero attached hydrogens (tertiary/aromatic N) is 2. The Kier molecular flexibility index (Phi) is 6.60. The Balaban J connectivity index is 1.37. The molecule has 2 aromatic heterocycles. The third-order valence-electron chi connectivity index (χ3n) is 4.99. The van der Waals surface area contributed by atoms with Gasteiger partial charge in [0, 0.05) is 23.5 Å². The van der Waals surface area contributed by atoms with Crippen molar-refractivity contribution in [2.45, 2.75) is 0 Å². The first-order chi connectivity index (χ1) is 16.5. The van der Waals surface area contributed by atoms with Gasteiger partial charge in [-0.25, -0.2) is 9.97 Å². The number of nitrogens with two attached hydrogens (primary N) is 2. The van der Waals surface area contributed by atoms with Crippen LogP contribution >= 0.6 is 0 Å². The summed E-state index contributed by atoms with van der Waals surface area (Å²) in [5, 5.41) is 5.50. The first-order valence-electron chi connectivity index (χ1n) is 10.4. The molecule has 168 valence electrons. The number of aromatic nitrogens is 2. The third kappa shape index (κ3) is 5.43. The summed E-state index contributed by atoms with van der Waals surface area (Å²) in [6.45, 7) is 0. The van der Waals surface area contributed by atoms with Crippen LogP contribution in [-0.2, 0) is 0 Å². The van der Waals surface area contributed by atoms with Crippen molar-refractivity contribution in [1.29, 1.82) is 0 Å². The van der Waals surface area contributed by atoms with E-state index in [-0.39, 0.29) is 23.5 Å². The average Bonchev–Trinajstić information content (AvgIpc) is 2.86. The van der Waals surface area contributed by atoms with Gasteiger partial charge in [-0.1, -0.05) is 36.4 Å². The average molecular weight is 451 g/mol. The van der Waals surface area contributed by atoms with E-state index in [0.717, 1.165) is 11.1 Å². The highest BCUT2D eigenvalue weighted by molar-refractivity contribution is 6.06. The lowest BCUT2D eigenvalue weighted by molar-refractivity contribution is 0.101. The van der Waals surface area contributed by atoms with Crippen LogP contribution in [-0.4, -0.2) is 21.8 Å². The third-order valence-corrected chi connectivity index (χ3v) is 4.99. The van der Waals surface area contributed by atoms with E-state index in [1.54, 1.807) is 60.9 Å². The van der Waals surface area contributed by atoms with E-state index < -0.39 is 0 Å². The molecule has 6 N–H and O–H groups in total. The predicted molar refractivity (Wildman–Crippen MR) is 135 cm³/mol. The minimum Gasteiger partial charge on any atom is -0.382 e. The Morgan fingerprint density at radius 2 is 1.00 bits per heavy atom. The summed E-state index contributed by atoms with van der Waals surface area (Å²) in [7, 11) is 0. The molecule has 0 saturated carbocycles. The van der Waals surface area contributed by atoms with Crippen molar-refractivity contribution >= 4 is 47.0 Å². The highest BCUT2D eigenvalue weighted by Gasteiger charge is 2.09. The van der Waals surface area contributed by atoms with E-state index in [4.69, 9.17) is 11.5 Å². The number of amides is 2. The summed E-state index contributed by atoms with van der Waals surface area (Å²) in [5.74, 6) is -0.00511. The number of pyridine rings is 2. The van der Waals surface area contributed by atoms with Gasteiger partial charge in [0.15, 0.2) is 0 Å². The maximum atomic E-state index is 12.4. The fraction of sp³-hybridized carbons (Fsp3) is 0. The molecule has 0 fully saturated rings. The van der Waals surface area contributed by atoms with Crippen molar-refractivity contribution < 1.29 is 9.59 Å². The quantitative estimate of drug-likeness (QED) is 0.323. The minimum atomic E-state index is -0.267. The number of nitrogens with one attached hydrogen (secondary N) is 2. The van der Waals surface area contributed by atoms with Gasteiger partial charge in [0.2, 0.25) is 0 Å². The van der Waals surface area contributed by atoms with Gasteiger partial charge in [0.05, 0.1) is 11.4 Å². The van der Waals surface area contributed by atoms with Crippen molar-refractivity contribution in [2.24, 2.45) is 0 Å². The summed E-state index contributed by atoms with van der Waals surface area (Å²) in [6, 6.07) is 21.1. The zero-order chi connectivity index (χ0) is 23.9. The van der Waals surface area contributed by atoms with Crippen molar-refractivity contribution in [1.82, 2.24) is 9.97 Å². The SMILES string of the molecule is Nc1ncccc1NC(=O)c1ccc(C=Cc2ccc(C(=O)Nc3cccnc3N)cc2)cc1. The van der Waals surface area contributed by atoms with Gasteiger partial charge in [-0.3, -0.25) is 9.59 Å². The lowest BCUT2D eigenvalue weighted by Crippen LogP contribution is -2.13. The number of anilines is 4. The molecular weight excluding hydrogens is 428 g/mol. The summed E-state index contributed by atoms with van der Waals surface area (Å²) in [5.41, 5.74) is 15.3. The van der Waals surface area contributed by atoms with Crippen LogP contribution in [0.25, 0.3) is 12.2 Å². The van der Waals surface area contributed by atoms with Crippen LogP contribution < -0.4 is 22.1 Å². The van der Waals surface area contributed by atoms with Gasteiger partial charge in [0.1, 0.15) is 11.6 Å². The van der Waals surface area contributed by atoms with Crippen LogP contribution in [0.4, 0.5) is 23.0 Å². The number of benzene rings is 2. The highest BCUT2D eigenvalue weighted by Crippen LogP contribution is 2.18. The molecule has 0 radical (unpaired) electrons. The maximum Gasteiger partial charge on any atom is 0.255 e. The van der Waals surface area contributed by atoms with E-state index in [9.17, 15) is 9.59 Å². The van der Waals surface area contributed by atoms with Crippen LogP contribution in [0.15, 0.2) is 85.2 Å². The minimum absolute atomic E-state index is 0.264. The molecule has 8 heteroatoms. The summed E-state index contributed by atoms with van der Waals surface area (Å²) >= 11 is 0. The smallest absolute Gasteiger partial charge is 0.255 e. The van der Waals surface area contributed by atoms with Crippen LogP contribution in [0, 0.1) is 0 Å². The molecule has 2 amide bonds. The molecule has 0 bridgehead atoms. The molecule has 0 aliphatic rings. The summed E-state index contributed by atoms with van der Waals surface area (Å²) in [4.78, 5) is 32.8. The van der Waals surface area contributed by atoms with E-state index in [1.807, 2.05) is 36.4 Å². The summed E-state index contributed by atoms with van der Waals surface area (Å²) < 4.78 is 0. The van der Waals surface area contributed by atoms with Crippen molar-refractivity contribution in [3.8, 4) is 0 Å². The molecule has 8 nitrogen and oxygen atoms in total. The molecule has 4 aromatic rings. The predicted octanol–water partition coefficient (Wildman–Crippen LogP) is 4.32. The van der Waals surface area contributed by atoms with Gasteiger partial charge < -0.3 is 22.1 Å². The Morgan fingerprint density at radius 3 is 1.35 bits per heavy atom. The zero-order valence-corrected chi connectivity index (χ0v) is 18.1. The molecule has 4 rings (SSSR count). The largest absolute Gasteiger partial charge is 0.382 e. The maximum absolute atomic E-state index is 12.4. The second-order valence-corrected chi connectivity index (χ2v) is 7.36. The van der Waals surface area contributed by atoms with Gasteiger partial charge in [-0.2, -0.15) is 0 Å². The monoisotopic (exact) mass is 450 g/mol. The Bertz CT molecular complexity index is 1240. The molecule has 0 aliphatic carbocycles. The number of hydrogen-bond donors (Lipinski definition) is 4. The van der Waals surface area contributed by atoms with E-state index in [0.29, 0.717) is 22.5 Å². The van der Waals surface area contributed by atoms with Gasteiger partial charge >= 0.3 is 0 Å². The molecule has 2 heterocycles. The summed E-state index contributed by atoms with van der Waals surface area (Å²) in [6.07, 6.45) is 6.97. The first-order valence-corrected chi connectivity index (χ1v) is 10.4. The Hall–Kier alpha value is -4.98. The molecule has 0 unspecified atom stereocenters. The standard InChI is InChI=1S/C26H22N6O2/c27-23-21(3-1-15-29-23)31-25(33)19-11-7-17(8-12-19)5-6-18-9-13-20(14-10-18)26(34)32-22-4-2-16-30-24(22)28/h1-16H,(H2,27,29)(H2,28,30)(H,31,33)(H,32,34). The lowest BCUT2D eigenvalue weighted by atomic mass is 10.1. The number of hydrogen-bond acceptors (Lipinski definition) is 6. The second kappa shape index (κ2) is 10.1. The Morgan fingerprint density at radius 1 is 0.618 bits per heavy atom. The zero-order valence-electron chi connectivity index (χ0n) is 18.1. The molecule has 0 spiro atoms. The van der Waals surface area contributed by atoms with Crippen LogP contribution in [0.3, 0.4) is 0 Å². The first kappa shape index (κ1) is 22.2. The molecule has 0 atom stereocenters. The molecule has 0 aliphatic heterocycles. The van der Waals surface area contributed by atoms with Crippen LogP contribution in [0.5, 0.6) is 0 Å². The van der Waals surface area contributed by atoms with E-state index >= 15 is 0 Å². The van der Waals surface area contributed by atoms with Crippen molar-refractivity contribution in [3.05, 3.63) is 107 Å². The number of carbonyl (C=O) groups is 2. The van der Waals surface area contributed by atoms with Gasteiger partial charge in [0.25, 0.3) is 11.8 Å². The Labute approximate surface area is 196 Å². The van der Waals surface area contributed by atoms with Crippen molar-refractivity contribution in [3.63, 3.8) is 0 Å². The number of rotatable bonds is 6. The van der Waals surface area contributed by atoms with E-state index in [1.165, 1.54) is 0 Å². The number of carbonyl (C=O) groups excluding carboxylic acids is 2. The normalized spacial score (nSPS) is 10.7. The van der Waals surface area contributed by atoms with Crippen molar-refractivity contribution in [2.75, 3.05) is 22.1 Å². The van der Waals surface area contributed by atoms with E-state index in [2.05, 4.69) is 20.6 Å². The van der Waals surface area contributed by atoms with Crippen LogP contribution in [0.2, 0.25) is 0 Å². The van der Waals surface area contributed by atoms with Gasteiger partial charge in [-0.05, 0) is 59.7 Å². The molecule has 2 aromatic carbocycles. The molecule has 0 saturated heterocycles. The van der Waals surface area contributed by atoms with Crippen LogP contribution in [0.1, 0.15) is 31.8 Å². The number of nitrogen functional groups attached to an aromatic ring is 2. The fourth-order valence-corrected chi connectivity index (χ4v) is 3.12. The topological polar surface area (TPSA) is 136 Å². The second-order valence-electron chi connectivity index (χ2n) is 7.36.